The number of carbonyl (C=O) groups is 1. The Morgan fingerprint density at radius 1 is 0.885 bits per heavy atom. The third-order valence-electron chi connectivity index (χ3n) is 11.1. The van der Waals surface area contributed by atoms with Gasteiger partial charge in [0.25, 0.3) is 0 Å². The smallest absolute Gasteiger partial charge is 0.164 e. The Balaban J connectivity index is 0.000000347. The van der Waals surface area contributed by atoms with Gasteiger partial charge in [0.1, 0.15) is 10.6 Å². The predicted molar refractivity (Wildman–Crippen MR) is 222 cm³/mol. The summed E-state index contributed by atoms with van der Waals surface area (Å²) in [5.41, 5.74) is 8.01. The summed E-state index contributed by atoms with van der Waals surface area (Å²) in [7, 11) is 0. The Morgan fingerprint density at radius 2 is 1.48 bits per heavy atom. The standard InChI is InChI=1S/C32H32NS.C15H28O2.Ir/c1-20(2)15-22-11-13-23(14-12-22)27-18-29(33-31-30(27)21(3)19-34-31)25-16-24-9-7-8-10-26(24)28(17-25)32(4,5)6;1-7-14(5,8-2)12(16)11-13(17)15(6,9-3)10-4;/h7-14,17-20H,15H2,1-6H3;11,16H,7-10H2,1-6H3;/q-1;;/b;12-11-;. The van der Waals surface area contributed by atoms with Crippen LogP contribution in [0.5, 0.6) is 0 Å². The molecule has 2 heterocycles. The number of thiophene rings is 1. The van der Waals surface area contributed by atoms with Crippen LogP contribution < -0.4 is 0 Å². The monoisotopic (exact) mass is 895 g/mol. The minimum Gasteiger partial charge on any atom is -0.512 e. The van der Waals surface area contributed by atoms with Crippen molar-refractivity contribution < 1.29 is 30.0 Å². The fraction of sp³-hybridized carbons (Fsp3) is 0.447. The molecule has 0 aliphatic carbocycles. The van der Waals surface area contributed by atoms with Crippen molar-refractivity contribution in [3.05, 3.63) is 101 Å². The van der Waals surface area contributed by atoms with Crippen molar-refractivity contribution >= 4 is 38.1 Å². The van der Waals surface area contributed by atoms with Crippen molar-refractivity contribution in [3.63, 3.8) is 0 Å². The second kappa shape index (κ2) is 17.8. The molecule has 0 saturated carbocycles. The Hall–Kier alpha value is -3.11. The van der Waals surface area contributed by atoms with Crippen molar-refractivity contribution in [2.24, 2.45) is 16.7 Å². The van der Waals surface area contributed by atoms with E-state index in [1.165, 1.54) is 44.7 Å². The van der Waals surface area contributed by atoms with Crippen LogP contribution in [0.1, 0.15) is 119 Å². The molecule has 0 amide bonds. The van der Waals surface area contributed by atoms with Crippen LogP contribution in [0.2, 0.25) is 0 Å². The SMILES string of the molecule is CCC(C)(CC)C(=O)/C=C(\O)C(C)(CC)CC.Cc1csc2nc(-c3[c-]c4ccccc4c(C(C)(C)C)c3)cc(-c3ccc(CC(C)C)cc3)c12.[Ir]. The molecule has 5 heteroatoms. The molecule has 2 aromatic heterocycles. The summed E-state index contributed by atoms with van der Waals surface area (Å²) in [6, 6.07) is 25.9. The molecule has 5 aromatic rings. The van der Waals surface area contributed by atoms with E-state index >= 15 is 0 Å². The summed E-state index contributed by atoms with van der Waals surface area (Å²) in [5.74, 6) is 0.943. The van der Waals surface area contributed by atoms with E-state index in [1.54, 1.807) is 11.3 Å². The molecule has 281 valence electrons. The number of aromatic nitrogens is 1. The number of benzene rings is 3. The number of hydrogen-bond acceptors (Lipinski definition) is 4. The zero-order chi connectivity index (χ0) is 37.7. The van der Waals surface area contributed by atoms with Crippen LogP contribution >= 0.6 is 11.3 Å². The number of hydrogen-bond donors (Lipinski definition) is 1. The van der Waals surface area contributed by atoms with Crippen LogP contribution in [-0.2, 0) is 36.7 Å². The summed E-state index contributed by atoms with van der Waals surface area (Å²) < 4.78 is 0. The first kappa shape index (κ1) is 43.3. The van der Waals surface area contributed by atoms with Crippen LogP contribution in [0.3, 0.4) is 0 Å². The molecule has 3 nitrogen and oxygen atoms in total. The van der Waals surface area contributed by atoms with E-state index in [-0.39, 0.29) is 47.9 Å². The molecular formula is C47H60IrNO2S-. The van der Waals surface area contributed by atoms with E-state index < -0.39 is 0 Å². The van der Waals surface area contributed by atoms with E-state index in [0.717, 1.165) is 53.6 Å². The summed E-state index contributed by atoms with van der Waals surface area (Å²) in [4.78, 5) is 18.4. The van der Waals surface area contributed by atoms with Crippen LogP contribution in [-0.4, -0.2) is 15.9 Å². The average molecular weight is 895 g/mol. The van der Waals surface area contributed by atoms with Gasteiger partial charge in [-0.05, 0) is 78.0 Å². The van der Waals surface area contributed by atoms with Crippen LogP contribution in [0.4, 0.5) is 0 Å². The quantitative estimate of drug-likeness (QED) is 0.0816. The second-order valence-electron chi connectivity index (χ2n) is 16.3. The van der Waals surface area contributed by atoms with E-state index in [2.05, 4.69) is 114 Å². The van der Waals surface area contributed by atoms with Crippen LogP contribution in [0, 0.1) is 29.7 Å². The zero-order valence-electron chi connectivity index (χ0n) is 33.6. The molecular weight excluding hydrogens is 835 g/mol. The molecule has 0 fully saturated rings. The van der Waals surface area contributed by atoms with Gasteiger partial charge in [-0.1, -0.05) is 136 Å². The first-order valence-corrected chi connectivity index (χ1v) is 19.8. The molecule has 0 spiro atoms. The van der Waals surface area contributed by atoms with Crippen molar-refractivity contribution in [2.75, 3.05) is 0 Å². The first-order chi connectivity index (χ1) is 24.0. The molecule has 0 aliphatic heterocycles. The van der Waals surface area contributed by atoms with Crippen LogP contribution in [0.15, 0.2) is 77.9 Å². The number of ketones is 1. The summed E-state index contributed by atoms with van der Waals surface area (Å²) in [5, 5.41) is 16.0. The predicted octanol–water partition coefficient (Wildman–Crippen LogP) is 14.0. The van der Waals surface area contributed by atoms with Gasteiger partial charge < -0.3 is 5.11 Å². The number of fused-ring (bicyclic) bond motifs is 2. The fourth-order valence-corrected chi connectivity index (χ4v) is 7.47. The van der Waals surface area contributed by atoms with Crippen molar-refractivity contribution in [3.8, 4) is 22.4 Å². The van der Waals surface area contributed by atoms with Crippen molar-refractivity contribution in [1.29, 1.82) is 0 Å². The minimum atomic E-state index is -0.337. The van der Waals surface area contributed by atoms with Gasteiger partial charge in [0, 0.05) is 48.1 Å². The molecule has 0 bridgehead atoms. The molecule has 52 heavy (non-hydrogen) atoms. The van der Waals surface area contributed by atoms with Gasteiger partial charge in [-0.2, -0.15) is 0 Å². The second-order valence-corrected chi connectivity index (χ2v) is 17.1. The maximum absolute atomic E-state index is 12.2. The zero-order valence-corrected chi connectivity index (χ0v) is 36.8. The normalized spacial score (nSPS) is 12.5. The molecule has 1 radical (unpaired) electrons. The van der Waals surface area contributed by atoms with E-state index in [4.69, 9.17) is 4.98 Å². The number of aliphatic hydroxyl groups is 1. The Labute approximate surface area is 331 Å². The fourth-order valence-electron chi connectivity index (χ4n) is 6.52. The average Bonchev–Trinajstić information content (AvgIpc) is 3.50. The Kier molecular flexibility index (Phi) is 14.8. The summed E-state index contributed by atoms with van der Waals surface area (Å²) in [6.07, 6.45) is 5.86. The molecule has 1 N–H and O–H groups in total. The number of aryl methyl sites for hydroxylation is 1. The summed E-state index contributed by atoms with van der Waals surface area (Å²) >= 11 is 1.73. The molecule has 0 aliphatic rings. The Bertz CT molecular complexity index is 1990. The van der Waals surface area contributed by atoms with Gasteiger partial charge in [0.05, 0.1) is 0 Å². The number of carbonyl (C=O) groups excluding carboxylic acids is 1. The van der Waals surface area contributed by atoms with Crippen LogP contribution in [0.25, 0.3) is 43.4 Å². The maximum atomic E-state index is 12.2. The van der Waals surface area contributed by atoms with Gasteiger partial charge >= 0.3 is 0 Å². The third kappa shape index (κ3) is 9.70. The number of pyridine rings is 1. The number of nitrogens with zero attached hydrogens (tertiary/aromatic N) is 1. The van der Waals surface area contributed by atoms with Crippen molar-refractivity contribution in [2.45, 2.75) is 121 Å². The van der Waals surface area contributed by atoms with Gasteiger partial charge in [-0.15, -0.1) is 40.5 Å². The first-order valence-electron chi connectivity index (χ1n) is 18.9. The number of aliphatic hydroxyl groups excluding tert-OH is 1. The van der Waals surface area contributed by atoms with Gasteiger partial charge in [0.15, 0.2) is 5.78 Å². The molecule has 3 aromatic carbocycles. The number of rotatable bonds is 11. The minimum absolute atomic E-state index is 0. The van der Waals surface area contributed by atoms with Gasteiger partial charge in [-0.3, -0.25) is 9.78 Å². The van der Waals surface area contributed by atoms with E-state index in [1.807, 2.05) is 41.5 Å². The topological polar surface area (TPSA) is 50.2 Å². The number of allylic oxidation sites excluding steroid dienone is 2. The third-order valence-corrected chi connectivity index (χ3v) is 12.1. The molecule has 0 unspecified atom stereocenters. The largest absolute Gasteiger partial charge is 0.512 e. The summed E-state index contributed by atoms with van der Waals surface area (Å²) in [6.45, 7) is 25.7. The Morgan fingerprint density at radius 3 is 2.04 bits per heavy atom. The maximum Gasteiger partial charge on any atom is 0.164 e. The molecule has 0 saturated heterocycles. The van der Waals surface area contributed by atoms with Gasteiger partial charge in [-0.25, -0.2) is 0 Å². The van der Waals surface area contributed by atoms with Crippen molar-refractivity contribution in [1.82, 2.24) is 4.98 Å². The van der Waals surface area contributed by atoms with E-state index in [9.17, 15) is 9.90 Å². The van der Waals surface area contributed by atoms with E-state index in [0.29, 0.717) is 5.92 Å². The van der Waals surface area contributed by atoms with Gasteiger partial charge in [0.2, 0.25) is 0 Å². The molecule has 0 atom stereocenters. The molecule has 5 rings (SSSR count).